The maximum Gasteiger partial charge on any atom is 0.264 e. The van der Waals surface area contributed by atoms with Gasteiger partial charge in [0.05, 0.1) is 10.2 Å². The SMILES string of the molecule is Cc1cc(OCC(=O)Nc2nc3ccccc3s2)ccc1Br. The third kappa shape index (κ3) is 3.45. The molecule has 0 aliphatic heterocycles. The van der Waals surface area contributed by atoms with Crippen molar-refractivity contribution in [1.29, 1.82) is 0 Å². The third-order valence-electron chi connectivity index (χ3n) is 3.04. The summed E-state index contributed by atoms with van der Waals surface area (Å²) in [6.45, 7) is 1.93. The Morgan fingerprint density at radius 1 is 1.32 bits per heavy atom. The van der Waals surface area contributed by atoms with Gasteiger partial charge in [0.25, 0.3) is 5.91 Å². The molecule has 22 heavy (non-hydrogen) atoms. The van der Waals surface area contributed by atoms with Crippen LogP contribution in [0.3, 0.4) is 0 Å². The Bertz CT molecular complexity index is 799. The highest BCUT2D eigenvalue weighted by Gasteiger charge is 2.08. The van der Waals surface area contributed by atoms with Crippen molar-refractivity contribution in [2.45, 2.75) is 6.92 Å². The average molecular weight is 377 g/mol. The van der Waals surface area contributed by atoms with E-state index in [1.165, 1.54) is 11.3 Å². The van der Waals surface area contributed by atoms with Crippen LogP contribution in [0.25, 0.3) is 10.2 Å². The summed E-state index contributed by atoms with van der Waals surface area (Å²) in [5, 5.41) is 3.35. The van der Waals surface area contributed by atoms with Gasteiger partial charge in [-0.05, 0) is 42.8 Å². The standard InChI is InChI=1S/C16H13BrN2O2S/c1-10-8-11(6-7-12(10)17)21-9-15(20)19-16-18-13-4-2-3-5-14(13)22-16/h2-8H,9H2,1H3,(H,18,19,20). The summed E-state index contributed by atoms with van der Waals surface area (Å²) < 4.78 is 7.55. The molecule has 0 unspecified atom stereocenters. The Hall–Kier alpha value is -1.92. The average Bonchev–Trinajstić information content (AvgIpc) is 2.90. The van der Waals surface area contributed by atoms with Crippen molar-refractivity contribution in [2.75, 3.05) is 11.9 Å². The number of thiazole rings is 1. The lowest BCUT2D eigenvalue weighted by molar-refractivity contribution is -0.118. The number of carbonyl (C=O) groups excluding carboxylic acids is 1. The minimum Gasteiger partial charge on any atom is -0.484 e. The molecule has 0 saturated heterocycles. The van der Waals surface area contributed by atoms with Gasteiger partial charge in [-0.15, -0.1) is 0 Å². The molecule has 0 fully saturated rings. The highest BCUT2D eigenvalue weighted by Crippen LogP contribution is 2.25. The van der Waals surface area contributed by atoms with Gasteiger partial charge < -0.3 is 4.74 Å². The zero-order valence-electron chi connectivity index (χ0n) is 11.8. The Balaban J connectivity index is 1.61. The number of nitrogens with zero attached hydrogens (tertiary/aromatic N) is 1. The molecular formula is C16H13BrN2O2S. The number of anilines is 1. The Labute approximate surface area is 140 Å². The summed E-state index contributed by atoms with van der Waals surface area (Å²) in [6, 6.07) is 13.4. The van der Waals surface area contributed by atoms with Crippen LogP contribution in [-0.4, -0.2) is 17.5 Å². The first-order chi connectivity index (χ1) is 10.6. The molecular weight excluding hydrogens is 364 g/mol. The minimum atomic E-state index is -0.223. The molecule has 6 heteroatoms. The van der Waals surface area contributed by atoms with E-state index in [2.05, 4.69) is 26.2 Å². The number of aromatic nitrogens is 1. The molecule has 0 atom stereocenters. The van der Waals surface area contributed by atoms with Crippen LogP contribution < -0.4 is 10.1 Å². The lowest BCUT2D eigenvalue weighted by Gasteiger charge is -2.07. The third-order valence-corrected chi connectivity index (χ3v) is 4.88. The van der Waals surface area contributed by atoms with Crippen molar-refractivity contribution >= 4 is 48.5 Å². The highest BCUT2D eigenvalue weighted by molar-refractivity contribution is 9.10. The molecule has 0 bridgehead atoms. The van der Waals surface area contributed by atoms with Crippen molar-refractivity contribution in [3.8, 4) is 5.75 Å². The van der Waals surface area contributed by atoms with Crippen molar-refractivity contribution < 1.29 is 9.53 Å². The normalized spacial score (nSPS) is 10.6. The summed E-state index contributed by atoms with van der Waals surface area (Å²) in [4.78, 5) is 16.3. The molecule has 2 aromatic carbocycles. The minimum absolute atomic E-state index is 0.0446. The molecule has 112 valence electrons. The number of nitrogens with one attached hydrogen (secondary N) is 1. The second kappa shape index (κ2) is 6.46. The van der Waals surface area contributed by atoms with Crippen LogP contribution in [0.2, 0.25) is 0 Å². The van der Waals surface area contributed by atoms with E-state index < -0.39 is 0 Å². The number of halogens is 1. The Morgan fingerprint density at radius 3 is 2.91 bits per heavy atom. The summed E-state index contributed by atoms with van der Waals surface area (Å²) in [5.41, 5.74) is 1.94. The van der Waals surface area contributed by atoms with Crippen LogP contribution in [0.4, 0.5) is 5.13 Å². The fourth-order valence-corrected chi connectivity index (χ4v) is 3.07. The number of carbonyl (C=O) groups is 1. The van der Waals surface area contributed by atoms with Gasteiger partial charge in [-0.25, -0.2) is 4.98 Å². The fraction of sp³-hybridized carbons (Fsp3) is 0.125. The van der Waals surface area contributed by atoms with Crippen LogP contribution in [0.5, 0.6) is 5.75 Å². The summed E-state index contributed by atoms with van der Waals surface area (Å²) in [5.74, 6) is 0.444. The van der Waals surface area contributed by atoms with Crippen molar-refractivity contribution in [2.24, 2.45) is 0 Å². The van der Waals surface area contributed by atoms with Crippen LogP contribution in [0, 0.1) is 6.92 Å². The van der Waals surface area contributed by atoms with E-state index in [1.807, 2.05) is 49.4 Å². The molecule has 1 aromatic heterocycles. The molecule has 3 aromatic rings. The molecule has 4 nitrogen and oxygen atoms in total. The number of benzene rings is 2. The molecule has 3 rings (SSSR count). The molecule has 1 amide bonds. The van der Waals surface area contributed by atoms with E-state index >= 15 is 0 Å². The molecule has 1 N–H and O–H groups in total. The number of hydrogen-bond acceptors (Lipinski definition) is 4. The van der Waals surface area contributed by atoms with E-state index in [0.29, 0.717) is 10.9 Å². The first-order valence-corrected chi connectivity index (χ1v) is 8.27. The number of rotatable bonds is 4. The van der Waals surface area contributed by atoms with Crippen LogP contribution in [0.15, 0.2) is 46.9 Å². The van der Waals surface area contributed by atoms with Crippen molar-refractivity contribution in [3.63, 3.8) is 0 Å². The van der Waals surface area contributed by atoms with Crippen LogP contribution in [-0.2, 0) is 4.79 Å². The smallest absolute Gasteiger partial charge is 0.264 e. The van der Waals surface area contributed by atoms with Gasteiger partial charge in [0.2, 0.25) is 0 Å². The number of para-hydroxylation sites is 1. The van der Waals surface area contributed by atoms with Crippen LogP contribution >= 0.6 is 27.3 Å². The lowest BCUT2D eigenvalue weighted by Crippen LogP contribution is -2.20. The largest absolute Gasteiger partial charge is 0.484 e. The molecule has 0 saturated carbocycles. The topological polar surface area (TPSA) is 51.2 Å². The predicted octanol–water partition coefficient (Wildman–Crippen LogP) is 4.38. The van der Waals surface area contributed by atoms with E-state index in [-0.39, 0.29) is 12.5 Å². The van der Waals surface area contributed by atoms with Gasteiger partial charge >= 0.3 is 0 Å². The Morgan fingerprint density at radius 2 is 2.14 bits per heavy atom. The fourth-order valence-electron chi connectivity index (χ4n) is 1.94. The van der Waals surface area contributed by atoms with E-state index in [4.69, 9.17) is 4.74 Å². The molecule has 0 aliphatic carbocycles. The summed E-state index contributed by atoms with van der Waals surface area (Å²) >= 11 is 4.88. The van der Waals surface area contributed by atoms with Gasteiger partial charge in [-0.3, -0.25) is 10.1 Å². The van der Waals surface area contributed by atoms with E-state index in [0.717, 1.165) is 20.3 Å². The van der Waals surface area contributed by atoms with Crippen molar-refractivity contribution in [3.05, 3.63) is 52.5 Å². The zero-order chi connectivity index (χ0) is 15.5. The van der Waals surface area contributed by atoms with Crippen LogP contribution in [0.1, 0.15) is 5.56 Å². The first-order valence-electron chi connectivity index (χ1n) is 6.66. The zero-order valence-corrected chi connectivity index (χ0v) is 14.2. The second-order valence-corrected chi connectivity index (χ2v) is 6.62. The van der Waals surface area contributed by atoms with E-state index in [1.54, 1.807) is 0 Å². The number of aryl methyl sites for hydroxylation is 1. The van der Waals surface area contributed by atoms with Gasteiger partial charge in [0.1, 0.15) is 5.75 Å². The predicted molar refractivity (Wildman–Crippen MR) is 92.6 cm³/mol. The van der Waals surface area contributed by atoms with Crippen molar-refractivity contribution in [1.82, 2.24) is 4.98 Å². The lowest BCUT2D eigenvalue weighted by atomic mass is 10.2. The van der Waals surface area contributed by atoms with Gasteiger partial charge in [-0.1, -0.05) is 39.4 Å². The highest BCUT2D eigenvalue weighted by atomic mass is 79.9. The number of hydrogen-bond donors (Lipinski definition) is 1. The van der Waals surface area contributed by atoms with Gasteiger partial charge in [0, 0.05) is 4.47 Å². The monoisotopic (exact) mass is 376 g/mol. The second-order valence-electron chi connectivity index (χ2n) is 4.73. The number of amides is 1. The molecule has 1 heterocycles. The summed E-state index contributed by atoms with van der Waals surface area (Å²) in [6.07, 6.45) is 0. The quantitative estimate of drug-likeness (QED) is 0.734. The maximum atomic E-state index is 11.9. The molecule has 0 aliphatic rings. The maximum absolute atomic E-state index is 11.9. The molecule has 0 spiro atoms. The Kier molecular flexibility index (Phi) is 4.40. The van der Waals surface area contributed by atoms with E-state index in [9.17, 15) is 4.79 Å². The van der Waals surface area contributed by atoms with Gasteiger partial charge in [0.15, 0.2) is 11.7 Å². The number of ether oxygens (including phenoxy) is 1. The summed E-state index contributed by atoms with van der Waals surface area (Å²) in [7, 11) is 0. The van der Waals surface area contributed by atoms with Gasteiger partial charge in [-0.2, -0.15) is 0 Å². The first kappa shape index (κ1) is 15.0. The molecule has 0 radical (unpaired) electrons. The number of fused-ring (bicyclic) bond motifs is 1.